The molecule has 0 radical (unpaired) electrons. The molecule has 2 heterocycles. The predicted octanol–water partition coefficient (Wildman–Crippen LogP) is 1.83. The van der Waals surface area contributed by atoms with Crippen LogP contribution in [0.5, 0.6) is 0 Å². The average Bonchev–Trinajstić information content (AvgIpc) is 2.72. The fourth-order valence-electron chi connectivity index (χ4n) is 3.20. The lowest BCUT2D eigenvalue weighted by Gasteiger charge is -2.34. The van der Waals surface area contributed by atoms with Crippen LogP contribution in [0.1, 0.15) is 18.1 Å². The Morgan fingerprint density at radius 2 is 1.69 bits per heavy atom. The maximum Gasteiger partial charge on any atom is 0.409 e. The van der Waals surface area contributed by atoms with E-state index in [2.05, 4.69) is 5.10 Å². The van der Waals surface area contributed by atoms with Crippen molar-refractivity contribution in [2.24, 2.45) is 0 Å². The van der Waals surface area contributed by atoms with Gasteiger partial charge in [0.15, 0.2) is 0 Å². The van der Waals surface area contributed by atoms with Crippen LogP contribution >= 0.6 is 0 Å². The molecule has 1 aromatic heterocycles. The summed E-state index contributed by atoms with van der Waals surface area (Å²) in [4.78, 5) is 39.9. The highest BCUT2D eigenvalue weighted by molar-refractivity contribution is 5.76. The molecular weight excluding hydrogens is 372 g/mol. The Morgan fingerprint density at radius 1 is 1.00 bits per heavy atom. The van der Waals surface area contributed by atoms with Gasteiger partial charge in [-0.15, -0.1) is 0 Å². The van der Waals surface area contributed by atoms with E-state index in [-0.39, 0.29) is 24.1 Å². The number of hydrogen-bond acceptors (Lipinski definition) is 5. The summed E-state index contributed by atoms with van der Waals surface area (Å²) in [6.45, 7) is 7.65. The molecule has 0 spiro atoms. The van der Waals surface area contributed by atoms with Gasteiger partial charge in [0.25, 0.3) is 5.56 Å². The fourth-order valence-corrected chi connectivity index (χ4v) is 3.20. The van der Waals surface area contributed by atoms with Crippen molar-refractivity contribution in [3.8, 4) is 11.3 Å². The largest absolute Gasteiger partial charge is 0.450 e. The minimum Gasteiger partial charge on any atom is -0.450 e. The third-order valence-electron chi connectivity index (χ3n) is 5.11. The van der Waals surface area contributed by atoms with Gasteiger partial charge in [-0.05, 0) is 44.0 Å². The van der Waals surface area contributed by atoms with E-state index >= 15 is 0 Å². The number of nitrogens with zero attached hydrogens (tertiary/aromatic N) is 4. The molecule has 29 heavy (non-hydrogen) atoms. The van der Waals surface area contributed by atoms with E-state index in [1.807, 2.05) is 32.0 Å². The lowest BCUT2D eigenvalue weighted by atomic mass is 10.0. The van der Waals surface area contributed by atoms with Crippen LogP contribution in [0.25, 0.3) is 11.3 Å². The zero-order valence-electron chi connectivity index (χ0n) is 17.1. The summed E-state index contributed by atoms with van der Waals surface area (Å²) in [5, 5.41) is 4.39. The zero-order valence-corrected chi connectivity index (χ0v) is 17.1. The fraction of sp³-hybridized carbons (Fsp3) is 0.429. The van der Waals surface area contributed by atoms with Gasteiger partial charge in [-0.25, -0.2) is 9.48 Å². The van der Waals surface area contributed by atoms with Gasteiger partial charge in [0.1, 0.15) is 6.54 Å². The second-order valence-electron chi connectivity index (χ2n) is 7.08. The van der Waals surface area contributed by atoms with Crippen molar-refractivity contribution in [2.45, 2.75) is 27.3 Å². The number of ether oxygens (including phenoxy) is 1. The van der Waals surface area contributed by atoms with E-state index in [0.717, 1.165) is 11.1 Å². The molecule has 0 atom stereocenters. The smallest absolute Gasteiger partial charge is 0.409 e. The lowest BCUT2D eigenvalue weighted by molar-refractivity contribution is -0.133. The van der Waals surface area contributed by atoms with E-state index in [4.69, 9.17) is 4.74 Å². The topological polar surface area (TPSA) is 84.7 Å². The number of piperazine rings is 1. The molecule has 1 fully saturated rings. The molecule has 0 bridgehead atoms. The highest BCUT2D eigenvalue weighted by Crippen LogP contribution is 2.19. The van der Waals surface area contributed by atoms with Gasteiger partial charge in [0, 0.05) is 37.8 Å². The van der Waals surface area contributed by atoms with Gasteiger partial charge in [0.05, 0.1) is 12.3 Å². The van der Waals surface area contributed by atoms with Crippen molar-refractivity contribution >= 4 is 12.0 Å². The Morgan fingerprint density at radius 3 is 2.34 bits per heavy atom. The molecule has 154 valence electrons. The van der Waals surface area contributed by atoms with E-state index in [0.29, 0.717) is 38.5 Å². The predicted molar refractivity (Wildman–Crippen MR) is 109 cm³/mol. The molecule has 0 N–H and O–H groups in total. The highest BCUT2D eigenvalue weighted by Gasteiger charge is 2.25. The Balaban J connectivity index is 1.68. The van der Waals surface area contributed by atoms with Gasteiger partial charge in [0.2, 0.25) is 5.91 Å². The third kappa shape index (κ3) is 4.82. The quantitative estimate of drug-likeness (QED) is 0.784. The molecule has 8 heteroatoms. The van der Waals surface area contributed by atoms with Gasteiger partial charge in [-0.3, -0.25) is 9.59 Å². The van der Waals surface area contributed by atoms with E-state index < -0.39 is 0 Å². The second kappa shape index (κ2) is 8.89. The molecular formula is C21H26N4O4. The third-order valence-corrected chi connectivity index (χ3v) is 5.11. The van der Waals surface area contributed by atoms with Crippen LogP contribution < -0.4 is 5.56 Å². The number of rotatable bonds is 4. The minimum absolute atomic E-state index is 0.128. The number of carbonyl (C=O) groups is 2. The van der Waals surface area contributed by atoms with Crippen LogP contribution in [-0.4, -0.2) is 64.4 Å². The SMILES string of the molecule is CCOC(=O)N1CCN(C(=O)Cn2nc(-c3ccc(C)c(C)c3)ccc2=O)CC1. The molecule has 1 aliphatic rings. The first kappa shape index (κ1) is 20.6. The number of aryl methyl sites for hydroxylation is 2. The van der Waals surface area contributed by atoms with E-state index in [1.54, 1.807) is 22.8 Å². The summed E-state index contributed by atoms with van der Waals surface area (Å²) in [7, 11) is 0. The van der Waals surface area contributed by atoms with Gasteiger partial charge < -0.3 is 14.5 Å². The summed E-state index contributed by atoms with van der Waals surface area (Å²) < 4.78 is 6.19. The number of carbonyl (C=O) groups excluding carboxylic acids is 2. The first-order valence-corrected chi connectivity index (χ1v) is 9.74. The average molecular weight is 398 g/mol. The number of amides is 2. The number of aromatic nitrogens is 2. The zero-order chi connectivity index (χ0) is 21.0. The molecule has 1 aliphatic heterocycles. The van der Waals surface area contributed by atoms with Crippen molar-refractivity contribution in [3.63, 3.8) is 0 Å². The normalized spacial score (nSPS) is 14.0. The van der Waals surface area contributed by atoms with Crippen molar-refractivity contribution < 1.29 is 14.3 Å². The monoisotopic (exact) mass is 398 g/mol. The summed E-state index contributed by atoms with van der Waals surface area (Å²) in [6.07, 6.45) is -0.362. The summed E-state index contributed by atoms with van der Waals surface area (Å²) in [5.74, 6) is -0.194. The molecule has 0 saturated carbocycles. The Labute approximate surface area is 169 Å². The van der Waals surface area contributed by atoms with Crippen LogP contribution in [0.2, 0.25) is 0 Å². The van der Waals surface area contributed by atoms with E-state index in [1.165, 1.54) is 16.3 Å². The molecule has 1 saturated heterocycles. The van der Waals surface area contributed by atoms with Crippen molar-refractivity contribution in [3.05, 3.63) is 51.8 Å². The maximum atomic E-state index is 12.7. The minimum atomic E-state index is -0.362. The highest BCUT2D eigenvalue weighted by atomic mass is 16.6. The van der Waals surface area contributed by atoms with Crippen LogP contribution in [-0.2, 0) is 16.1 Å². The van der Waals surface area contributed by atoms with Crippen molar-refractivity contribution in [2.75, 3.05) is 32.8 Å². The molecule has 2 aromatic rings. The molecule has 0 aliphatic carbocycles. The molecule has 0 unspecified atom stereocenters. The van der Waals surface area contributed by atoms with E-state index in [9.17, 15) is 14.4 Å². The van der Waals surface area contributed by atoms with Crippen LogP contribution in [0.4, 0.5) is 4.79 Å². The maximum absolute atomic E-state index is 12.7. The molecule has 3 rings (SSSR count). The molecule has 8 nitrogen and oxygen atoms in total. The van der Waals surface area contributed by atoms with Crippen LogP contribution in [0.15, 0.2) is 35.1 Å². The van der Waals surface area contributed by atoms with Crippen molar-refractivity contribution in [1.29, 1.82) is 0 Å². The summed E-state index contributed by atoms with van der Waals surface area (Å²) in [5.41, 5.74) is 3.54. The van der Waals surface area contributed by atoms with Gasteiger partial charge >= 0.3 is 6.09 Å². The first-order valence-electron chi connectivity index (χ1n) is 9.74. The number of benzene rings is 1. The molecule has 2 amide bonds. The Hall–Kier alpha value is -3.16. The first-order chi connectivity index (χ1) is 13.9. The number of hydrogen-bond donors (Lipinski definition) is 0. The molecule has 1 aromatic carbocycles. The second-order valence-corrected chi connectivity index (χ2v) is 7.08. The Kier molecular flexibility index (Phi) is 6.31. The van der Waals surface area contributed by atoms with Crippen molar-refractivity contribution in [1.82, 2.24) is 19.6 Å². The standard InChI is InChI=1S/C21H26N4O4/c1-4-29-21(28)24-11-9-23(10-12-24)20(27)14-25-19(26)8-7-18(22-25)17-6-5-15(2)16(3)13-17/h5-8,13H,4,9-12,14H2,1-3H3. The van der Waals surface area contributed by atoms with Gasteiger partial charge in [-0.1, -0.05) is 12.1 Å². The lowest BCUT2D eigenvalue weighted by Crippen LogP contribution is -2.51. The summed E-state index contributed by atoms with van der Waals surface area (Å²) >= 11 is 0. The summed E-state index contributed by atoms with van der Waals surface area (Å²) in [6, 6.07) is 9.09. The van der Waals surface area contributed by atoms with Gasteiger partial charge in [-0.2, -0.15) is 5.10 Å². The Bertz CT molecular complexity index is 961. The van der Waals surface area contributed by atoms with Crippen LogP contribution in [0.3, 0.4) is 0 Å². The van der Waals surface area contributed by atoms with Crippen LogP contribution in [0, 0.1) is 13.8 Å².